The van der Waals surface area contributed by atoms with Crippen LogP contribution < -0.4 is 15.0 Å². The van der Waals surface area contributed by atoms with Crippen LogP contribution in [-0.2, 0) is 19.6 Å². The van der Waals surface area contributed by atoms with Gasteiger partial charge in [-0.15, -0.1) is 0 Å². The van der Waals surface area contributed by atoms with Crippen LogP contribution in [0.4, 0.5) is 5.69 Å². The first-order valence-corrected chi connectivity index (χ1v) is 11.5. The summed E-state index contributed by atoms with van der Waals surface area (Å²) in [6, 6.07) is 4.16. The average Bonchev–Trinajstić information content (AvgIpc) is 3.51. The zero-order valence-corrected chi connectivity index (χ0v) is 17.8. The number of rotatable bonds is 4. The van der Waals surface area contributed by atoms with Crippen molar-refractivity contribution in [1.29, 1.82) is 0 Å². The van der Waals surface area contributed by atoms with Crippen LogP contribution in [-0.4, -0.2) is 56.3 Å². The monoisotopic (exact) mass is 421 g/mol. The second kappa shape index (κ2) is 6.98. The van der Waals surface area contributed by atoms with Crippen molar-refractivity contribution in [2.75, 3.05) is 25.0 Å². The molecule has 1 aliphatic carbocycles. The van der Waals surface area contributed by atoms with E-state index >= 15 is 0 Å². The number of ether oxygens (including phenoxy) is 1. The van der Waals surface area contributed by atoms with E-state index in [4.69, 9.17) is 4.74 Å². The fraction of sp³-hybridized carbons (Fsp3) is 0.600. The highest BCUT2D eigenvalue weighted by atomic mass is 32.2. The molecule has 3 aliphatic rings. The Morgan fingerprint density at radius 3 is 2.62 bits per heavy atom. The van der Waals surface area contributed by atoms with E-state index in [0.29, 0.717) is 37.2 Å². The third kappa shape index (κ3) is 3.50. The van der Waals surface area contributed by atoms with Crippen LogP contribution in [0.2, 0.25) is 0 Å². The van der Waals surface area contributed by atoms with Crippen molar-refractivity contribution >= 4 is 27.5 Å². The molecular weight excluding hydrogens is 394 g/mol. The number of piperidine rings is 1. The van der Waals surface area contributed by atoms with Crippen LogP contribution in [0, 0.1) is 5.92 Å². The predicted molar refractivity (Wildman–Crippen MR) is 107 cm³/mol. The summed E-state index contributed by atoms with van der Waals surface area (Å²) in [4.78, 5) is 27.0. The summed E-state index contributed by atoms with van der Waals surface area (Å²) in [5.74, 6) is -0.539. The number of carbonyl (C=O) groups is 2. The Labute approximate surface area is 171 Å². The standard InChI is InChI=1S/C20H27N3O5S/c1-20(2)19(25)22(3)16-9-8-15(11-17(16)28-20)29(26,27)23(14-6-7-14)18(24)13-5-4-10-21-12-13/h8-9,11,13-14,21H,4-7,10,12H2,1-3H3. The number of benzene rings is 1. The summed E-state index contributed by atoms with van der Waals surface area (Å²) in [6.07, 6.45) is 2.93. The number of carbonyl (C=O) groups excluding carboxylic acids is 2. The van der Waals surface area contributed by atoms with Crippen molar-refractivity contribution in [2.24, 2.45) is 5.92 Å². The number of fused-ring (bicyclic) bond motifs is 1. The lowest BCUT2D eigenvalue weighted by Crippen LogP contribution is -2.51. The largest absolute Gasteiger partial charge is 0.476 e. The number of likely N-dealkylation sites (N-methyl/N-ethyl adjacent to an activating group) is 1. The van der Waals surface area contributed by atoms with Crippen LogP contribution in [0.25, 0.3) is 0 Å². The summed E-state index contributed by atoms with van der Waals surface area (Å²) in [5.41, 5.74) is -0.585. The molecule has 1 saturated carbocycles. The van der Waals surface area contributed by atoms with E-state index in [-0.39, 0.29) is 28.7 Å². The Hall–Kier alpha value is -2.13. The van der Waals surface area contributed by atoms with Crippen LogP contribution in [0.15, 0.2) is 23.1 Å². The van der Waals surface area contributed by atoms with Gasteiger partial charge in [-0.1, -0.05) is 0 Å². The molecule has 1 saturated heterocycles. The van der Waals surface area contributed by atoms with Gasteiger partial charge < -0.3 is 15.0 Å². The minimum atomic E-state index is -4.02. The highest BCUT2D eigenvalue weighted by Crippen LogP contribution is 2.40. The Morgan fingerprint density at radius 2 is 2.00 bits per heavy atom. The van der Waals surface area contributed by atoms with Crippen molar-refractivity contribution in [2.45, 2.75) is 56.1 Å². The van der Waals surface area contributed by atoms with Crippen molar-refractivity contribution < 1.29 is 22.7 Å². The molecule has 0 aromatic heterocycles. The zero-order valence-electron chi connectivity index (χ0n) is 17.0. The average molecular weight is 422 g/mol. The SMILES string of the molecule is CN1C(=O)C(C)(C)Oc2cc(S(=O)(=O)N(C(=O)C3CCCNC3)C3CC3)ccc21. The number of nitrogens with one attached hydrogen (secondary N) is 1. The minimum absolute atomic E-state index is 0.0128. The molecule has 29 heavy (non-hydrogen) atoms. The molecule has 1 unspecified atom stereocenters. The molecule has 2 aliphatic heterocycles. The Kier molecular flexibility index (Phi) is 4.85. The van der Waals surface area contributed by atoms with Gasteiger partial charge in [0.25, 0.3) is 15.9 Å². The maximum Gasteiger partial charge on any atom is 0.270 e. The molecule has 1 aromatic rings. The Balaban J connectivity index is 1.69. The molecule has 0 radical (unpaired) electrons. The lowest BCUT2D eigenvalue weighted by molar-refractivity contribution is -0.132. The number of hydrogen-bond acceptors (Lipinski definition) is 6. The van der Waals surface area contributed by atoms with Gasteiger partial charge in [-0.2, -0.15) is 0 Å². The van der Waals surface area contributed by atoms with E-state index in [1.54, 1.807) is 27.0 Å². The molecule has 158 valence electrons. The smallest absolute Gasteiger partial charge is 0.270 e. The Bertz CT molecular complexity index is 949. The molecule has 1 atom stereocenters. The van der Waals surface area contributed by atoms with Crippen LogP contribution in [0.3, 0.4) is 0 Å². The highest BCUT2D eigenvalue weighted by molar-refractivity contribution is 7.89. The molecular formula is C20H27N3O5S. The number of anilines is 1. The van der Waals surface area contributed by atoms with E-state index < -0.39 is 15.6 Å². The highest BCUT2D eigenvalue weighted by Gasteiger charge is 2.45. The van der Waals surface area contributed by atoms with E-state index in [0.717, 1.165) is 17.3 Å². The molecule has 2 heterocycles. The molecule has 0 bridgehead atoms. The molecule has 2 fully saturated rings. The van der Waals surface area contributed by atoms with Gasteiger partial charge in [-0.3, -0.25) is 9.59 Å². The van der Waals surface area contributed by atoms with E-state index in [2.05, 4.69) is 5.32 Å². The number of hydrogen-bond donors (Lipinski definition) is 1. The summed E-state index contributed by atoms with van der Waals surface area (Å²) >= 11 is 0. The predicted octanol–water partition coefficient (Wildman–Crippen LogP) is 1.50. The maximum absolute atomic E-state index is 13.4. The lowest BCUT2D eigenvalue weighted by Gasteiger charge is -2.37. The number of nitrogens with zero attached hydrogens (tertiary/aromatic N) is 2. The normalized spacial score (nSPS) is 23.9. The molecule has 9 heteroatoms. The van der Waals surface area contributed by atoms with Gasteiger partial charge in [0.05, 0.1) is 16.5 Å². The zero-order chi connectivity index (χ0) is 21.0. The minimum Gasteiger partial charge on any atom is -0.476 e. The van der Waals surface area contributed by atoms with Crippen LogP contribution in [0.5, 0.6) is 5.75 Å². The van der Waals surface area contributed by atoms with Gasteiger partial charge in [0.1, 0.15) is 5.75 Å². The Morgan fingerprint density at radius 1 is 1.28 bits per heavy atom. The summed E-state index contributed by atoms with van der Waals surface area (Å²) in [7, 11) is -2.38. The van der Waals surface area contributed by atoms with Gasteiger partial charge in [-0.05, 0) is 58.2 Å². The van der Waals surface area contributed by atoms with E-state index in [1.807, 2.05) is 0 Å². The summed E-state index contributed by atoms with van der Waals surface area (Å²) < 4.78 is 33.8. The first-order valence-electron chi connectivity index (χ1n) is 10.0. The van der Waals surface area contributed by atoms with E-state index in [1.165, 1.54) is 17.0 Å². The van der Waals surface area contributed by atoms with Gasteiger partial charge in [0.2, 0.25) is 5.91 Å². The molecule has 4 rings (SSSR count). The van der Waals surface area contributed by atoms with Gasteiger partial charge in [0, 0.05) is 25.7 Å². The molecule has 0 spiro atoms. The molecule has 8 nitrogen and oxygen atoms in total. The summed E-state index contributed by atoms with van der Waals surface area (Å²) in [6.45, 7) is 4.65. The lowest BCUT2D eigenvalue weighted by atomic mass is 9.99. The number of sulfonamides is 1. The summed E-state index contributed by atoms with van der Waals surface area (Å²) in [5, 5.41) is 3.18. The molecule has 1 aromatic carbocycles. The maximum atomic E-state index is 13.4. The van der Waals surface area contributed by atoms with Crippen molar-refractivity contribution in [3.05, 3.63) is 18.2 Å². The molecule has 1 N–H and O–H groups in total. The third-order valence-corrected chi connectivity index (χ3v) is 7.62. The van der Waals surface area contributed by atoms with Crippen molar-refractivity contribution in [3.8, 4) is 5.75 Å². The van der Waals surface area contributed by atoms with Gasteiger partial charge >= 0.3 is 0 Å². The van der Waals surface area contributed by atoms with Gasteiger partial charge in [-0.25, -0.2) is 12.7 Å². The first-order chi connectivity index (χ1) is 13.6. The van der Waals surface area contributed by atoms with Crippen LogP contribution >= 0.6 is 0 Å². The third-order valence-electron chi connectivity index (χ3n) is 5.78. The van der Waals surface area contributed by atoms with Crippen molar-refractivity contribution in [3.63, 3.8) is 0 Å². The topological polar surface area (TPSA) is 96.0 Å². The quantitative estimate of drug-likeness (QED) is 0.792. The van der Waals surface area contributed by atoms with E-state index in [9.17, 15) is 18.0 Å². The second-order valence-corrected chi connectivity index (χ2v) is 10.3. The first kappa shape index (κ1) is 20.2. The van der Waals surface area contributed by atoms with Crippen LogP contribution in [0.1, 0.15) is 39.5 Å². The van der Waals surface area contributed by atoms with Crippen molar-refractivity contribution in [1.82, 2.24) is 9.62 Å². The second-order valence-electron chi connectivity index (χ2n) is 8.52. The fourth-order valence-corrected chi connectivity index (χ4v) is 5.72. The number of amides is 2. The fourth-order valence-electron chi connectivity index (χ4n) is 4.01. The molecule has 2 amide bonds. The van der Waals surface area contributed by atoms with Gasteiger partial charge in [0.15, 0.2) is 5.60 Å².